The van der Waals surface area contributed by atoms with E-state index in [0.717, 1.165) is 60.2 Å². The van der Waals surface area contributed by atoms with Crippen molar-refractivity contribution < 1.29 is 13.9 Å². The van der Waals surface area contributed by atoms with Crippen molar-refractivity contribution in [3.05, 3.63) is 48.2 Å². The third kappa shape index (κ3) is 6.42. The molecule has 5 rings (SSSR count). The number of likely N-dealkylation sites (tertiary alicyclic amines) is 1. The summed E-state index contributed by atoms with van der Waals surface area (Å²) >= 11 is 1.79. The Balaban J connectivity index is 1.35. The molecule has 4 atom stereocenters. The monoisotopic (exact) mass is 565 g/mol. The van der Waals surface area contributed by atoms with E-state index in [4.69, 9.17) is 14.7 Å². The second-order valence-corrected chi connectivity index (χ2v) is 12.4. The molecule has 0 aromatic heterocycles. The Kier molecular flexibility index (Phi) is 9.24. The molecule has 3 fully saturated rings. The van der Waals surface area contributed by atoms with Crippen LogP contribution in [0.15, 0.2) is 45.7 Å². The fourth-order valence-electron chi connectivity index (χ4n) is 6.10. The highest BCUT2D eigenvalue weighted by atomic mass is 32.2. The van der Waals surface area contributed by atoms with Crippen LogP contribution in [0.2, 0.25) is 0 Å². The van der Waals surface area contributed by atoms with Crippen molar-refractivity contribution in [3.63, 3.8) is 0 Å². The maximum absolute atomic E-state index is 13.7. The molecule has 1 aliphatic carbocycles. The minimum Gasteiger partial charge on any atom is -0.356 e. The van der Waals surface area contributed by atoms with Crippen molar-refractivity contribution >= 4 is 29.2 Å². The van der Waals surface area contributed by atoms with Crippen LogP contribution in [-0.4, -0.2) is 95.7 Å². The third-order valence-corrected chi connectivity index (χ3v) is 9.81. The highest BCUT2D eigenvalue weighted by Gasteiger charge is 2.40. The predicted molar refractivity (Wildman–Crippen MR) is 156 cm³/mol. The van der Waals surface area contributed by atoms with Gasteiger partial charge in [-0.2, -0.15) is 5.26 Å². The summed E-state index contributed by atoms with van der Waals surface area (Å²) in [7, 11) is 2.13. The number of amides is 1. The second-order valence-electron chi connectivity index (χ2n) is 11.0. The fourth-order valence-corrected chi connectivity index (χ4v) is 7.33. The van der Waals surface area contributed by atoms with E-state index in [2.05, 4.69) is 29.5 Å². The van der Waals surface area contributed by atoms with E-state index in [1.54, 1.807) is 22.7 Å². The molecule has 10 heteroatoms. The number of benzene rings is 1. The van der Waals surface area contributed by atoms with Crippen molar-refractivity contribution in [2.75, 3.05) is 39.8 Å². The summed E-state index contributed by atoms with van der Waals surface area (Å²) in [4.78, 5) is 29.9. The lowest BCUT2D eigenvalue weighted by Gasteiger charge is -2.45. The van der Waals surface area contributed by atoms with Crippen LogP contribution in [0.3, 0.4) is 0 Å². The van der Waals surface area contributed by atoms with Crippen LogP contribution in [-0.2, 0) is 9.53 Å². The minimum atomic E-state index is -0.610. The van der Waals surface area contributed by atoms with E-state index in [1.165, 1.54) is 18.6 Å². The number of thioether (sulfide) groups is 1. The van der Waals surface area contributed by atoms with Gasteiger partial charge in [-0.05, 0) is 82.5 Å². The van der Waals surface area contributed by atoms with E-state index in [-0.39, 0.29) is 24.2 Å². The molecule has 1 aromatic carbocycles. The molecule has 213 valence electrons. The summed E-state index contributed by atoms with van der Waals surface area (Å²) in [6.07, 6.45) is 5.83. The molecule has 3 aliphatic heterocycles. The maximum Gasteiger partial charge on any atom is 0.247 e. The summed E-state index contributed by atoms with van der Waals surface area (Å²) in [5.41, 5.74) is 1.98. The number of piperazine rings is 1. The fraction of sp³-hybridized carbons (Fsp3) is 0.567. The molecule has 3 heterocycles. The lowest BCUT2D eigenvalue weighted by Crippen LogP contribution is -2.58. The van der Waals surface area contributed by atoms with Crippen molar-refractivity contribution in [1.29, 1.82) is 5.26 Å². The van der Waals surface area contributed by atoms with Crippen LogP contribution >= 0.6 is 11.8 Å². The molecule has 40 heavy (non-hydrogen) atoms. The summed E-state index contributed by atoms with van der Waals surface area (Å²) < 4.78 is 20.0. The van der Waals surface area contributed by atoms with E-state index < -0.39 is 6.35 Å². The summed E-state index contributed by atoms with van der Waals surface area (Å²) in [6.45, 7) is 8.92. The van der Waals surface area contributed by atoms with Gasteiger partial charge in [0.15, 0.2) is 0 Å². The number of hydrogen-bond donors (Lipinski definition) is 0. The van der Waals surface area contributed by atoms with Gasteiger partial charge in [-0.25, -0.2) is 14.4 Å². The van der Waals surface area contributed by atoms with E-state index in [1.807, 2.05) is 13.0 Å². The highest BCUT2D eigenvalue weighted by Crippen LogP contribution is 2.40. The number of carbonyl (C=O) groups is 1. The van der Waals surface area contributed by atoms with E-state index in [9.17, 15) is 14.4 Å². The lowest BCUT2D eigenvalue weighted by molar-refractivity contribution is -0.130. The minimum absolute atomic E-state index is 0.143. The molecule has 1 saturated carbocycles. The Labute approximate surface area is 241 Å². The number of aryl methyl sites for hydroxylation is 1. The van der Waals surface area contributed by atoms with Gasteiger partial charge >= 0.3 is 0 Å². The van der Waals surface area contributed by atoms with Crippen molar-refractivity contribution in [3.8, 4) is 6.07 Å². The molecule has 0 spiro atoms. The SMILES string of the molecule is C=CC(=O)N1CCN(C2=NC(OCC3CCCN3C)N=C3C[C@H](Sc4ccc(F)cc4C)CC[C]32)CC1CC#N. The van der Waals surface area contributed by atoms with Crippen molar-refractivity contribution in [1.82, 2.24) is 14.7 Å². The first-order valence-corrected chi connectivity index (χ1v) is 15.0. The standard InChI is InChI=1S/C30H38FN6O2S/c1-4-28(38)37-15-14-36(18-22(37)11-12-32)29-25-9-8-24(40-27-10-7-21(31)16-20(27)2)17-26(25)33-30(34-29)39-19-23-6-5-13-35(23)3/h4,7,10,16,22-24,30H,1,5-6,8-9,11,13-15,17-19H2,2-3H3/t22?,23?,24-,30?/m1/s1. The van der Waals surface area contributed by atoms with Crippen LogP contribution in [0.25, 0.3) is 0 Å². The van der Waals surface area contributed by atoms with Crippen LogP contribution in [0.5, 0.6) is 0 Å². The molecule has 1 amide bonds. The normalized spacial score (nSPS) is 27.6. The molecule has 1 aromatic rings. The first-order valence-electron chi connectivity index (χ1n) is 14.2. The number of nitrogens with zero attached hydrogens (tertiary/aromatic N) is 6. The summed E-state index contributed by atoms with van der Waals surface area (Å²) in [5, 5.41) is 9.78. The van der Waals surface area contributed by atoms with Crippen molar-refractivity contribution in [2.24, 2.45) is 9.98 Å². The van der Waals surface area contributed by atoms with Gasteiger partial charge in [-0.15, -0.1) is 11.8 Å². The Morgan fingerprint density at radius 2 is 2.12 bits per heavy atom. The van der Waals surface area contributed by atoms with E-state index >= 15 is 0 Å². The average Bonchev–Trinajstić information content (AvgIpc) is 3.37. The number of likely N-dealkylation sites (N-methyl/N-ethyl adjacent to an activating group) is 1. The Morgan fingerprint density at radius 3 is 2.85 bits per heavy atom. The zero-order valence-electron chi connectivity index (χ0n) is 23.4. The largest absolute Gasteiger partial charge is 0.356 e. The van der Waals surface area contributed by atoms with Gasteiger partial charge in [0.2, 0.25) is 12.3 Å². The Bertz CT molecular complexity index is 1220. The van der Waals surface area contributed by atoms with Crippen LogP contribution in [0.4, 0.5) is 4.39 Å². The number of nitriles is 1. The van der Waals surface area contributed by atoms with E-state index in [0.29, 0.717) is 37.5 Å². The highest BCUT2D eigenvalue weighted by molar-refractivity contribution is 8.00. The number of aliphatic imine (C=N–C) groups is 2. The number of amidine groups is 1. The lowest BCUT2D eigenvalue weighted by atomic mass is 9.84. The van der Waals surface area contributed by atoms with Gasteiger partial charge in [-0.3, -0.25) is 4.79 Å². The van der Waals surface area contributed by atoms with Gasteiger partial charge in [0.1, 0.15) is 11.7 Å². The van der Waals surface area contributed by atoms with Crippen LogP contribution < -0.4 is 0 Å². The Morgan fingerprint density at radius 1 is 1.27 bits per heavy atom. The molecule has 4 aliphatic rings. The third-order valence-electron chi connectivity index (χ3n) is 8.36. The van der Waals surface area contributed by atoms with Gasteiger partial charge in [0.05, 0.1) is 31.1 Å². The summed E-state index contributed by atoms with van der Waals surface area (Å²) in [5.74, 6) is 1.68. The van der Waals surface area contributed by atoms with Crippen molar-refractivity contribution in [2.45, 2.75) is 74.0 Å². The topological polar surface area (TPSA) is 84.5 Å². The molecule has 1 radical (unpaired) electrons. The first-order chi connectivity index (χ1) is 19.4. The molecular formula is C30H38FN6O2S. The number of fused-ring (bicyclic) bond motifs is 1. The number of hydrogen-bond acceptors (Lipinski definition) is 8. The molecule has 8 nitrogen and oxygen atoms in total. The number of rotatable bonds is 7. The predicted octanol–water partition coefficient (Wildman–Crippen LogP) is 4.21. The number of ether oxygens (including phenoxy) is 1. The van der Waals surface area contributed by atoms with Gasteiger partial charge < -0.3 is 19.4 Å². The molecule has 0 bridgehead atoms. The smallest absolute Gasteiger partial charge is 0.247 e. The van der Waals surface area contributed by atoms with Crippen LogP contribution in [0.1, 0.15) is 44.1 Å². The van der Waals surface area contributed by atoms with Gasteiger partial charge in [0.25, 0.3) is 0 Å². The molecular weight excluding hydrogens is 527 g/mol. The zero-order chi connectivity index (χ0) is 28.2. The molecule has 3 unspecified atom stereocenters. The first kappa shape index (κ1) is 28.8. The quantitative estimate of drug-likeness (QED) is 0.461. The van der Waals surface area contributed by atoms with Crippen LogP contribution in [0, 0.1) is 30.0 Å². The number of halogens is 1. The second kappa shape index (κ2) is 12.8. The molecule has 0 N–H and O–H groups in total. The summed E-state index contributed by atoms with van der Waals surface area (Å²) in [6, 6.07) is 7.37. The Hall–Kier alpha value is -2.74. The average molecular weight is 566 g/mol. The maximum atomic E-state index is 13.7. The van der Waals surface area contributed by atoms with Gasteiger partial charge in [-0.1, -0.05) is 6.58 Å². The molecule has 2 saturated heterocycles. The van der Waals surface area contributed by atoms with Gasteiger partial charge in [0, 0.05) is 41.5 Å². The zero-order valence-corrected chi connectivity index (χ0v) is 24.2. The number of carbonyl (C=O) groups excluding carboxylic acids is 1.